The highest BCUT2D eigenvalue weighted by Gasteiger charge is 2.30. The highest BCUT2D eigenvalue weighted by Crippen LogP contribution is 2.31. The largest absolute Gasteiger partial charge is 0.380 e. The Morgan fingerprint density at radius 3 is 2.42 bits per heavy atom. The van der Waals surface area contributed by atoms with Crippen LogP contribution in [0.5, 0.6) is 0 Å². The lowest BCUT2D eigenvalue weighted by Gasteiger charge is -2.19. The smallest absolute Gasteiger partial charge is 0.270 e. The molecular formula is C21H23N5O4S. The molecule has 2 heterocycles. The number of hydrogen-bond acceptors (Lipinski definition) is 6. The van der Waals surface area contributed by atoms with Crippen molar-refractivity contribution in [2.24, 2.45) is 0 Å². The molecule has 1 saturated heterocycles. The van der Waals surface area contributed by atoms with Crippen LogP contribution in [-0.4, -0.2) is 40.5 Å². The Morgan fingerprint density at radius 2 is 1.77 bits per heavy atom. The molecule has 0 aliphatic carbocycles. The lowest BCUT2D eigenvalue weighted by atomic mass is 10.1. The minimum atomic E-state index is -3.81. The van der Waals surface area contributed by atoms with Gasteiger partial charge in [-0.3, -0.25) is 14.8 Å². The molecule has 0 amide bonds. The van der Waals surface area contributed by atoms with E-state index in [2.05, 4.69) is 10.4 Å². The second kappa shape index (κ2) is 8.86. The third kappa shape index (κ3) is 4.75. The van der Waals surface area contributed by atoms with Crippen LogP contribution in [-0.2, 0) is 23.1 Å². The van der Waals surface area contributed by atoms with Crippen LogP contribution in [0.25, 0.3) is 0 Å². The number of anilines is 1. The first-order valence-corrected chi connectivity index (χ1v) is 11.5. The van der Waals surface area contributed by atoms with E-state index in [1.54, 1.807) is 6.20 Å². The molecule has 0 bridgehead atoms. The highest BCUT2D eigenvalue weighted by atomic mass is 32.2. The van der Waals surface area contributed by atoms with Crippen molar-refractivity contribution in [3.63, 3.8) is 0 Å². The molecule has 0 saturated carbocycles. The van der Waals surface area contributed by atoms with Crippen molar-refractivity contribution in [3.05, 3.63) is 82.2 Å². The number of rotatable bonds is 8. The van der Waals surface area contributed by atoms with Gasteiger partial charge in [0.15, 0.2) is 0 Å². The first-order chi connectivity index (χ1) is 14.9. The molecule has 2 aromatic carbocycles. The number of nitro benzene ring substituents is 1. The fourth-order valence-electron chi connectivity index (χ4n) is 3.59. The third-order valence-corrected chi connectivity index (χ3v) is 7.21. The molecule has 3 aromatic rings. The van der Waals surface area contributed by atoms with Crippen molar-refractivity contribution in [1.29, 1.82) is 0 Å². The minimum Gasteiger partial charge on any atom is -0.380 e. The van der Waals surface area contributed by atoms with E-state index in [0.717, 1.165) is 30.0 Å². The van der Waals surface area contributed by atoms with Crippen molar-refractivity contribution in [3.8, 4) is 0 Å². The summed E-state index contributed by atoms with van der Waals surface area (Å²) in [6.07, 6.45) is 5.21. The van der Waals surface area contributed by atoms with Crippen molar-refractivity contribution in [1.82, 2.24) is 14.1 Å². The van der Waals surface area contributed by atoms with Crippen LogP contribution in [0.1, 0.15) is 24.0 Å². The van der Waals surface area contributed by atoms with E-state index in [-0.39, 0.29) is 10.6 Å². The summed E-state index contributed by atoms with van der Waals surface area (Å²) in [7, 11) is -3.81. The average molecular weight is 442 g/mol. The molecular weight excluding hydrogens is 418 g/mol. The molecule has 10 heteroatoms. The summed E-state index contributed by atoms with van der Waals surface area (Å²) >= 11 is 0. The number of non-ortho nitro benzene ring substituents is 1. The normalized spacial score (nSPS) is 14.6. The maximum absolute atomic E-state index is 13.1. The molecule has 1 aromatic heterocycles. The van der Waals surface area contributed by atoms with Crippen molar-refractivity contribution >= 4 is 21.4 Å². The van der Waals surface area contributed by atoms with Gasteiger partial charge in [0, 0.05) is 44.2 Å². The summed E-state index contributed by atoms with van der Waals surface area (Å²) in [5.74, 6) is 0. The molecule has 4 rings (SSSR count). The Balaban J connectivity index is 1.53. The topological polar surface area (TPSA) is 110 Å². The van der Waals surface area contributed by atoms with Crippen LogP contribution < -0.4 is 5.32 Å². The summed E-state index contributed by atoms with van der Waals surface area (Å²) in [6, 6.07) is 13.7. The predicted octanol–water partition coefficient (Wildman–Crippen LogP) is 3.24. The summed E-state index contributed by atoms with van der Waals surface area (Å²) in [5, 5.41) is 18.5. The van der Waals surface area contributed by atoms with Gasteiger partial charge >= 0.3 is 0 Å². The van der Waals surface area contributed by atoms with Gasteiger partial charge < -0.3 is 5.32 Å². The van der Waals surface area contributed by atoms with Crippen molar-refractivity contribution in [2.45, 2.75) is 30.8 Å². The standard InChI is InChI=1S/C21H23N5O4S/c27-26(28)19-8-9-20(21(14-19)31(29,30)25-12-1-2-13-25)22-15-17-4-6-18(7-5-17)16-24-11-3-10-23-24/h3-11,14,22H,1-2,12-13,15-16H2. The molecule has 1 aliphatic rings. The van der Waals surface area contributed by atoms with E-state index >= 15 is 0 Å². The van der Waals surface area contributed by atoms with Gasteiger partial charge in [-0.2, -0.15) is 9.40 Å². The van der Waals surface area contributed by atoms with E-state index in [1.165, 1.54) is 16.4 Å². The monoisotopic (exact) mass is 441 g/mol. The molecule has 31 heavy (non-hydrogen) atoms. The zero-order chi connectivity index (χ0) is 21.8. The number of aromatic nitrogens is 2. The zero-order valence-corrected chi connectivity index (χ0v) is 17.7. The third-order valence-electron chi connectivity index (χ3n) is 5.27. The lowest BCUT2D eigenvalue weighted by Crippen LogP contribution is -2.28. The number of hydrogen-bond donors (Lipinski definition) is 1. The Hall–Kier alpha value is -3.24. The quantitative estimate of drug-likeness (QED) is 0.424. The molecule has 0 spiro atoms. The molecule has 1 fully saturated rings. The Kier molecular flexibility index (Phi) is 6.01. The molecule has 0 atom stereocenters. The van der Waals surface area contributed by atoms with E-state index < -0.39 is 14.9 Å². The second-order valence-corrected chi connectivity index (χ2v) is 9.33. The van der Waals surface area contributed by atoms with Gasteiger partial charge in [0.1, 0.15) is 4.90 Å². The number of sulfonamides is 1. The van der Waals surface area contributed by atoms with Crippen LogP contribution in [0.3, 0.4) is 0 Å². The molecule has 1 aliphatic heterocycles. The maximum atomic E-state index is 13.1. The maximum Gasteiger partial charge on any atom is 0.270 e. The van der Waals surface area contributed by atoms with E-state index in [9.17, 15) is 18.5 Å². The predicted molar refractivity (Wildman–Crippen MR) is 116 cm³/mol. The number of nitro groups is 1. The van der Waals surface area contributed by atoms with Crippen LogP contribution in [0.2, 0.25) is 0 Å². The molecule has 9 nitrogen and oxygen atoms in total. The molecule has 1 N–H and O–H groups in total. The molecule has 0 unspecified atom stereocenters. The van der Waals surface area contributed by atoms with Crippen molar-refractivity contribution in [2.75, 3.05) is 18.4 Å². The number of nitrogens with zero attached hydrogens (tertiary/aromatic N) is 4. The number of benzene rings is 2. The van der Waals surface area contributed by atoms with E-state index in [1.807, 2.05) is 41.2 Å². The van der Waals surface area contributed by atoms with Gasteiger partial charge in [0.2, 0.25) is 10.0 Å². The van der Waals surface area contributed by atoms with Crippen LogP contribution in [0.15, 0.2) is 65.8 Å². The van der Waals surface area contributed by atoms with Gasteiger partial charge in [-0.25, -0.2) is 8.42 Å². The molecule has 0 radical (unpaired) electrons. The van der Waals surface area contributed by atoms with Gasteiger partial charge in [0.25, 0.3) is 5.69 Å². The SMILES string of the molecule is O=[N+]([O-])c1ccc(NCc2ccc(Cn3cccn3)cc2)c(S(=O)(=O)N2CCCC2)c1. The molecule has 162 valence electrons. The van der Waals surface area contributed by atoms with E-state index in [0.29, 0.717) is 31.9 Å². The second-order valence-electron chi connectivity index (χ2n) is 7.42. The summed E-state index contributed by atoms with van der Waals surface area (Å²) in [4.78, 5) is 10.6. The van der Waals surface area contributed by atoms with Crippen LogP contribution in [0.4, 0.5) is 11.4 Å². The fourth-order valence-corrected chi connectivity index (χ4v) is 5.30. The van der Waals surface area contributed by atoms with Crippen LogP contribution in [0, 0.1) is 10.1 Å². The Labute approximate surface area is 180 Å². The fraction of sp³-hybridized carbons (Fsp3) is 0.286. The average Bonchev–Trinajstić information content (AvgIpc) is 3.48. The first kappa shape index (κ1) is 21.0. The minimum absolute atomic E-state index is 0.0566. The summed E-state index contributed by atoms with van der Waals surface area (Å²) in [5.41, 5.74) is 2.18. The highest BCUT2D eigenvalue weighted by molar-refractivity contribution is 7.89. The number of nitrogens with one attached hydrogen (secondary N) is 1. The Bertz CT molecular complexity index is 1150. The Morgan fingerprint density at radius 1 is 1.06 bits per heavy atom. The summed E-state index contributed by atoms with van der Waals surface area (Å²) in [6.45, 7) is 1.92. The van der Waals surface area contributed by atoms with Crippen molar-refractivity contribution < 1.29 is 13.3 Å². The van der Waals surface area contributed by atoms with Gasteiger partial charge in [-0.05, 0) is 36.1 Å². The van der Waals surface area contributed by atoms with Gasteiger partial charge in [0.05, 0.1) is 17.2 Å². The first-order valence-electron chi connectivity index (χ1n) is 10.0. The lowest BCUT2D eigenvalue weighted by molar-refractivity contribution is -0.385. The van der Waals surface area contributed by atoms with Gasteiger partial charge in [-0.15, -0.1) is 0 Å². The zero-order valence-electron chi connectivity index (χ0n) is 16.8. The van der Waals surface area contributed by atoms with Gasteiger partial charge in [-0.1, -0.05) is 24.3 Å². The van der Waals surface area contributed by atoms with Crippen LogP contribution >= 0.6 is 0 Å². The summed E-state index contributed by atoms with van der Waals surface area (Å²) < 4.78 is 29.4. The van der Waals surface area contributed by atoms with E-state index in [4.69, 9.17) is 0 Å².